The molecule has 3 rings (SSSR count). The maximum Gasteiger partial charge on any atom is 0.222 e. The summed E-state index contributed by atoms with van der Waals surface area (Å²) in [6.45, 7) is 4.40. The van der Waals surface area contributed by atoms with Crippen LogP contribution in [-0.4, -0.2) is 46.9 Å². The first kappa shape index (κ1) is 16.9. The van der Waals surface area contributed by atoms with Crippen molar-refractivity contribution >= 4 is 17.5 Å². The average molecular weight is 344 g/mol. The van der Waals surface area contributed by atoms with E-state index in [1.165, 1.54) is 5.56 Å². The molecule has 0 bridgehead atoms. The largest absolute Gasteiger partial charge is 0.340 e. The first-order valence-corrected chi connectivity index (χ1v) is 8.72. The van der Waals surface area contributed by atoms with Gasteiger partial charge in [-0.05, 0) is 41.8 Å². The lowest BCUT2D eigenvalue weighted by atomic mass is 10.1. The standard InChI is InChI=1S/C19H22ClN3O/c20-18-4-1-16(2-5-18)3-6-19(24)23-13-11-22(12-14-23)15-17-7-9-21-10-8-17/h1-2,4-5,7-10H,3,6,11-15H2. The zero-order valence-corrected chi connectivity index (χ0v) is 14.5. The van der Waals surface area contributed by atoms with E-state index < -0.39 is 0 Å². The van der Waals surface area contributed by atoms with E-state index in [-0.39, 0.29) is 5.91 Å². The normalized spacial score (nSPS) is 15.5. The van der Waals surface area contributed by atoms with Crippen molar-refractivity contribution in [2.75, 3.05) is 26.2 Å². The van der Waals surface area contributed by atoms with Crippen LogP contribution in [0.1, 0.15) is 17.5 Å². The lowest BCUT2D eigenvalue weighted by molar-refractivity contribution is -0.133. The fraction of sp³-hybridized carbons (Fsp3) is 0.368. The molecule has 0 unspecified atom stereocenters. The fourth-order valence-corrected chi connectivity index (χ4v) is 3.09. The van der Waals surface area contributed by atoms with Crippen LogP contribution >= 0.6 is 11.6 Å². The second kappa shape index (κ2) is 8.27. The third-order valence-electron chi connectivity index (χ3n) is 4.42. The number of rotatable bonds is 5. The van der Waals surface area contributed by atoms with E-state index in [9.17, 15) is 4.79 Å². The Balaban J connectivity index is 1.42. The summed E-state index contributed by atoms with van der Waals surface area (Å²) in [4.78, 5) is 20.8. The van der Waals surface area contributed by atoms with Crippen LogP contribution in [0.25, 0.3) is 0 Å². The number of aromatic nitrogens is 1. The van der Waals surface area contributed by atoms with Crippen molar-refractivity contribution in [2.45, 2.75) is 19.4 Å². The van der Waals surface area contributed by atoms with Crippen molar-refractivity contribution in [2.24, 2.45) is 0 Å². The number of hydrogen-bond donors (Lipinski definition) is 0. The van der Waals surface area contributed by atoms with E-state index in [1.807, 2.05) is 53.7 Å². The number of hydrogen-bond acceptors (Lipinski definition) is 3. The molecule has 0 spiro atoms. The van der Waals surface area contributed by atoms with Crippen LogP contribution in [0.4, 0.5) is 0 Å². The molecular formula is C19H22ClN3O. The molecule has 126 valence electrons. The Labute approximate surface area is 148 Å². The van der Waals surface area contributed by atoms with Gasteiger partial charge in [0.2, 0.25) is 5.91 Å². The molecule has 24 heavy (non-hydrogen) atoms. The zero-order chi connectivity index (χ0) is 16.8. The molecule has 0 atom stereocenters. The number of piperazine rings is 1. The van der Waals surface area contributed by atoms with Crippen LogP contribution in [0.2, 0.25) is 5.02 Å². The van der Waals surface area contributed by atoms with E-state index in [4.69, 9.17) is 11.6 Å². The predicted octanol–water partition coefficient (Wildman–Crippen LogP) is 3.01. The summed E-state index contributed by atoms with van der Waals surface area (Å²) in [5.41, 5.74) is 2.43. The molecule has 0 radical (unpaired) electrons. The molecule has 1 aliphatic rings. The lowest BCUT2D eigenvalue weighted by Crippen LogP contribution is -2.48. The van der Waals surface area contributed by atoms with Crippen molar-refractivity contribution in [1.29, 1.82) is 0 Å². The van der Waals surface area contributed by atoms with Gasteiger partial charge in [-0.2, -0.15) is 0 Å². The Kier molecular flexibility index (Phi) is 5.83. The highest BCUT2D eigenvalue weighted by Crippen LogP contribution is 2.13. The van der Waals surface area contributed by atoms with Crippen LogP contribution in [0, 0.1) is 0 Å². The van der Waals surface area contributed by atoms with E-state index in [0.29, 0.717) is 6.42 Å². The summed E-state index contributed by atoms with van der Waals surface area (Å²) < 4.78 is 0. The van der Waals surface area contributed by atoms with Gasteiger partial charge in [-0.25, -0.2) is 0 Å². The van der Waals surface area contributed by atoms with Crippen LogP contribution in [0.15, 0.2) is 48.8 Å². The molecule has 2 heterocycles. The van der Waals surface area contributed by atoms with Crippen molar-refractivity contribution in [1.82, 2.24) is 14.8 Å². The minimum absolute atomic E-state index is 0.244. The third-order valence-corrected chi connectivity index (χ3v) is 4.67. The number of carbonyl (C=O) groups excluding carboxylic acids is 1. The van der Waals surface area contributed by atoms with Gasteiger partial charge in [-0.3, -0.25) is 14.7 Å². The smallest absolute Gasteiger partial charge is 0.222 e. The van der Waals surface area contributed by atoms with Crippen molar-refractivity contribution < 1.29 is 4.79 Å². The highest BCUT2D eigenvalue weighted by molar-refractivity contribution is 6.30. The molecule has 0 aliphatic carbocycles. The minimum Gasteiger partial charge on any atom is -0.340 e. The Morgan fingerprint density at radius 1 is 0.958 bits per heavy atom. The summed E-state index contributed by atoms with van der Waals surface area (Å²) in [5, 5.41) is 0.732. The molecule has 1 amide bonds. The van der Waals surface area contributed by atoms with E-state index in [0.717, 1.165) is 49.7 Å². The summed E-state index contributed by atoms with van der Waals surface area (Å²) in [5.74, 6) is 0.244. The Bertz CT molecular complexity index is 652. The third kappa shape index (κ3) is 4.79. The number of nitrogens with zero attached hydrogens (tertiary/aromatic N) is 3. The number of benzene rings is 1. The van der Waals surface area contributed by atoms with Crippen LogP contribution in [0.5, 0.6) is 0 Å². The maximum atomic E-state index is 12.4. The van der Waals surface area contributed by atoms with Gasteiger partial charge in [0.15, 0.2) is 0 Å². The van der Waals surface area contributed by atoms with Gasteiger partial charge in [-0.1, -0.05) is 23.7 Å². The summed E-state index contributed by atoms with van der Waals surface area (Å²) in [7, 11) is 0. The highest BCUT2D eigenvalue weighted by atomic mass is 35.5. The molecule has 0 N–H and O–H groups in total. The van der Waals surface area contributed by atoms with Gasteiger partial charge >= 0.3 is 0 Å². The van der Waals surface area contributed by atoms with Gasteiger partial charge in [-0.15, -0.1) is 0 Å². The number of carbonyl (C=O) groups is 1. The summed E-state index contributed by atoms with van der Waals surface area (Å²) in [6.07, 6.45) is 4.98. The number of halogens is 1. The molecular weight excluding hydrogens is 322 g/mol. The Hall–Kier alpha value is -1.91. The van der Waals surface area contributed by atoms with E-state index in [2.05, 4.69) is 9.88 Å². The van der Waals surface area contributed by atoms with Gasteiger partial charge in [0.25, 0.3) is 0 Å². The van der Waals surface area contributed by atoms with Crippen LogP contribution in [0.3, 0.4) is 0 Å². The fourth-order valence-electron chi connectivity index (χ4n) is 2.96. The van der Waals surface area contributed by atoms with Gasteiger partial charge in [0.05, 0.1) is 0 Å². The minimum atomic E-state index is 0.244. The lowest BCUT2D eigenvalue weighted by Gasteiger charge is -2.34. The van der Waals surface area contributed by atoms with Crippen molar-refractivity contribution in [3.8, 4) is 0 Å². The molecule has 5 heteroatoms. The van der Waals surface area contributed by atoms with Gasteiger partial charge in [0.1, 0.15) is 0 Å². The highest BCUT2D eigenvalue weighted by Gasteiger charge is 2.20. The van der Waals surface area contributed by atoms with Gasteiger partial charge < -0.3 is 4.90 Å². The SMILES string of the molecule is O=C(CCc1ccc(Cl)cc1)N1CCN(Cc2ccncc2)CC1. The summed E-state index contributed by atoms with van der Waals surface area (Å²) in [6, 6.07) is 11.8. The first-order valence-electron chi connectivity index (χ1n) is 8.34. The van der Waals surface area contributed by atoms with Crippen molar-refractivity contribution in [3.05, 3.63) is 64.9 Å². The van der Waals surface area contributed by atoms with E-state index in [1.54, 1.807) is 0 Å². The Morgan fingerprint density at radius 2 is 1.62 bits per heavy atom. The molecule has 1 fully saturated rings. The number of pyridine rings is 1. The number of aryl methyl sites for hydroxylation is 1. The van der Waals surface area contributed by atoms with E-state index >= 15 is 0 Å². The average Bonchev–Trinajstić information content (AvgIpc) is 2.62. The zero-order valence-electron chi connectivity index (χ0n) is 13.7. The summed E-state index contributed by atoms with van der Waals surface area (Å²) >= 11 is 5.88. The molecule has 1 saturated heterocycles. The van der Waals surface area contributed by atoms with Crippen LogP contribution < -0.4 is 0 Å². The molecule has 1 aromatic carbocycles. The second-order valence-corrected chi connectivity index (χ2v) is 6.58. The first-order chi connectivity index (χ1) is 11.7. The number of amides is 1. The molecule has 4 nitrogen and oxygen atoms in total. The van der Waals surface area contributed by atoms with Crippen LogP contribution in [-0.2, 0) is 17.8 Å². The predicted molar refractivity (Wildman–Crippen MR) is 95.9 cm³/mol. The topological polar surface area (TPSA) is 36.4 Å². The van der Waals surface area contributed by atoms with Gasteiger partial charge in [0, 0.05) is 56.6 Å². The Morgan fingerprint density at radius 3 is 2.29 bits per heavy atom. The molecule has 1 aliphatic heterocycles. The second-order valence-electron chi connectivity index (χ2n) is 6.14. The molecule has 0 saturated carbocycles. The quantitative estimate of drug-likeness (QED) is 0.837. The maximum absolute atomic E-state index is 12.4. The monoisotopic (exact) mass is 343 g/mol. The molecule has 1 aromatic heterocycles. The molecule has 2 aromatic rings. The van der Waals surface area contributed by atoms with Crippen molar-refractivity contribution in [3.63, 3.8) is 0 Å².